The van der Waals surface area contributed by atoms with Crippen molar-refractivity contribution < 1.29 is 0 Å². The van der Waals surface area contributed by atoms with Crippen LogP contribution in [0.15, 0.2) is 182 Å². The molecule has 0 aliphatic heterocycles. The molecule has 0 atom stereocenters. The van der Waals surface area contributed by atoms with Gasteiger partial charge in [0.2, 0.25) is 0 Å². The molecular formula is C52H44N2. The Bertz CT molecular complexity index is 2590. The number of fused-ring (bicyclic) bond motifs is 4. The zero-order valence-electron chi connectivity index (χ0n) is 31.4. The van der Waals surface area contributed by atoms with Crippen LogP contribution < -0.4 is 9.80 Å². The van der Waals surface area contributed by atoms with Crippen LogP contribution in [0.5, 0.6) is 0 Å². The fourth-order valence-corrected chi connectivity index (χ4v) is 8.47. The maximum absolute atomic E-state index is 2.44. The van der Waals surface area contributed by atoms with Crippen molar-refractivity contribution in [2.75, 3.05) is 9.80 Å². The van der Waals surface area contributed by atoms with Gasteiger partial charge < -0.3 is 9.80 Å². The van der Waals surface area contributed by atoms with Crippen LogP contribution in [0.1, 0.15) is 50.7 Å². The second kappa shape index (κ2) is 13.9. The molecule has 2 nitrogen and oxygen atoms in total. The molecule has 0 N–H and O–H groups in total. The monoisotopic (exact) mass is 696 g/mol. The van der Waals surface area contributed by atoms with Gasteiger partial charge in [-0.15, -0.1) is 0 Å². The van der Waals surface area contributed by atoms with Crippen LogP contribution in [-0.4, -0.2) is 0 Å². The molecular weight excluding hydrogens is 653 g/mol. The van der Waals surface area contributed by atoms with Crippen LogP contribution >= 0.6 is 0 Å². The lowest BCUT2D eigenvalue weighted by molar-refractivity contribution is 0.873. The van der Waals surface area contributed by atoms with Gasteiger partial charge in [-0.25, -0.2) is 0 Å². The summed E-state index contributed by atoms with van der Waals surface area (Å²) in [6.07, 6.45) is 0. The summed E-state index contributed by atoms with van der Waals surface area (Å²) in [5.74, 6) is 0.628. The first kappa shape index (κ1) is 33.5. The first-order chi connectivity index (χ1) is 26.4. The van der Waals surface area contributed by atoms with Gasteiger partial charge in [0.05, 0.1) is 0 Å². The van der Waals surface area contributed by atoms with Crippen molar-refractivity contribution in [3.8, 4) is 0 Å². The van der Waals surface area contributed by atoms with Gasteiger partial charge in [0.15, 0.2) is 0 Å². The second-order valence-electron chi connectivity index (χ2n) is 15.0. The molecule has 0 heterocycles. The number of nitrogens with zero attached hydrogens (tertiary/aromatic N) is 2. The average Bonchev–Trinajstić information content (AvgIpc) is 3.20. The van der Waals surface area contributed by atoms with Crippen LogP contribution in [0.3, 0.4) is 0 Å². The molecule has 0 saturated carbocycles. The van der Waals surface area contributed by atoms with E-state index < -0.39 is 0 Å². The molecule has 0 aromatic heterocycles. The molecule has 9 rings (SSSR count). The Kier molecular flexibility index (Phi) is 8.60. The third-order valence-corrected chi connectivity index (χ3v) is 10.8. The van der Waals surface area contributed by atoms with Crippen molar-refractivity contribution in [2.45, 2.75) is 39.5 Å². The van der Waals surface area contributed by atoms with Crippen LogP contribution in [0.2, 0.25) is 0 Å². The van der Waals surface area contributed by atoms with Crippen molar-refractivity contribution in [3.05, 3.63) is 193 Å². The summed E-state index contributed by atoms with van der Waals surface area (Å²) >= 11 is 0. The van der Waals surface area contributed by atoms with E-state index in [0.717, 1.165) is 34.1 Å². The molecule has 0 aliphatic carbocycles. The summed E-state index contributed by atoms with van der Waals surface area (Å²) in [5, 5.41) is 10.2. The number of para-hydroxylation sites is 2. The highest BCUT2D eigenvalue weighted by molar-refractivity contribution is 6.09. The summed E-state index contributed by atoms with van der Waals surface area (Å²) in [6, 6.07) is 66.6. The maximum atomic E-state index is 2.44. The van der Waals surface area contributed by atoms with Crippen LogP contribution in [0.25, 0.3) is 43.1 Å². The Balaban J connectivity index is 1.27. The fraction of sp³-hybridized carbons (Fsp3) is 0.115. The maximum Gasteiger partial charge on any atom is 0.0468 e. The molecule has 54 heavy (non-hydrogen) atoms. The van der Waals surface area contributed by atoms with Crippen LogP contribution in [-0.2, 0) is 0 Å². The molecule has 0 radical (unpaired) electrons. The fourth-order valence-electron chi connectivity index (χ4n) is 8.47. The van der Waals surface area contributed by atoms with Crippen LogP contribution in [0, 0.1) is 0 Å². The van der Waals surface area contributed by atoms with Crippen molar-refractivity contribution in [1.82, 2.24) is 0 Å². The highest BCUT2D eigenvalue weighted by Gasteiger charge is 2.22. The predicted molar refractivity (Wildman–Crippen MR) is 234 cm³/mol. The normalized spacial score (nSPS) is 11.7. The van der Waals surface area contributed by atoms with Gasteiger partial charge in [-0.2, -0.15) is 0 Å². The van der Waals surface area contributed by atoms with E-state index in [2.05, 4.69) is 219 Å². The lowest BCUT2D eigenvalue weighted by atomic mass is 9.83. The molecule has 0 saturated heterocycles. The summed E-state index contributed by atoms with van der Waals surface area (Å²) in [4.78, 5) is 4.80. The minimum absolute atomic E-state index is 0.314. The standard InChI is InChI=1S/C52H44N2/c1-35(2)51-47-29-27-46(54(42-21-9-6-10-22-42)44-26-24-38-16-12-14-18-40(38)32-44)34-50(47)52(36(3)4)48-30-28-45(33-49(48)51)53(41-19-7-5-8-20-41)43-25-23-37-15-11-13-17-39(37)31-43/h5-36H,1-4H3. The van der Waals surface area contributed by atoms with E-state index in [1.54, 1.807) is 0 Å². The number of hydrogen-bond donors (Lipinski definition) is 0. The van der Waals surface area contributed by atoms with Gasteiger partial charge in [0, 0.05) is 34.1 Å². The summed E-state index contributed by atoms with van der Waals surface area (Å²) in [5.41, 5.74) is 9.67. The Morgan fingerprint density at radius 3 is 1.00 bits per heavy atom. The minimum Gasteiger partial charge on any atom is -0.310 e. The Morgan fingerprint density at radius 2 is 0.611 bits per heavy atom. The number of anilines is 6. The minimum atomic E-state index is 0.314. The van der Waals surface area contributed by atoms with Gasteiger partial charge in [0.25, 0.3) is 0 Å². The second-order valence-corrected chi connectivity index (χ2v) is 15.0. The van der Waals surface area contributed by atoms with Gasteiger partial charge >= 0.3 is 0 Å². The van der Waals surface area contributed by atoms with Gasteiger partial charge in [-0.1, -0.05) is 137 Å². The van der Waals surface area contributed by atoms with Crippen LogP contribution in [0.4, 0.5) is 34.1 Å². The van der Waals surface area contributed by atoms with Crippen molar-refractivity contribution in [2.24, 2.45) is 0 Å². The third-order valence-electron chi connectivity index (χ3n) is 10.8. The topological polar surface area (TPSA) is 6.48 Å². The van der Waals surface area contributed by atoms with Gasteiger partial charge in [-0.05, 0) is 139 Å². The van der Waals surface area contributed by atoms with E-state index in [9.17, 15) is 0 Å². The van der Waals surface area contributed by atoms with Crippen molar-refractivity contribution in [3.63, 3.8) is 0 Å². The molecule has 0 amide bonds. The summed E-state index contributed by atoms with van der Waals surface area (Å²) in [6.45, 7) is 9.36. The van der Waals surface area contributed by atoms with Crippen molar-refractivity contribution in [1.29, 1.82) is 0 Å². The molecule has 262 valence electrons. The highest BCUT2D eigenvalue weighted by atomic mass is 15.1. The lowest BCUT2D eigenvalue weighted by Gasteiger charge is -2.29. The predicted octanol–water partition coefficient (Wildman–Crippen LogP) is 15.5. The average molecular weight is 697 g/mol. The smallest absolute Gasteiger partial charge is 0.0468 e. The van der Waals surface area contributed by atoms with E-state index in [4.69, 9.17) is 0 Å². The van der Waals surface area contributed by atoms with Gasteiger partial charge in [0.1, 0.15) is 0 Å². The zero-order chi connectivity index (χ0) is 36.8. The third kappa shape index (κ3) is 5.94. The zero-order valence-corrected chi connectivity index (χ0v) is 31.4. The molecule has 9 aromatic rings. The molecule has 0 bridgehead atoms. The highest BCUT2D eigenvalue weighted by Crippen LogP contribution is 2.46. The quantitative estimate of drug-likeness (QED) is 0.146. The largest absolute Gasteiger partial charge is 0.310 e. The number of rotatable bonds is 8. The molecule has 0 spiro atoms. The molecule has 2 heteroatoms. The Morgan fingerprint density at radius 1 is 0.278 bits per heavy atom. The van der Waals surface area contributed by atoms with E-state index >= 15 is 0 Å². The first-order valence-corrected chi connectivity index (χ1v) is 19.2. The Hall–Kier alpha value is -6.38. The molecule has 0 unspecified atom stereocenters. The molecule has 0 fully saturated rings. The summed E-state index contributed by atoms with van der Waals surface area (Å²) in [7, 11) is 0. The molecule has 0 aliphatic rings. The van der Waals surface area contributed by atoms with E-state index in [1.807, 2.05) is 0 Å². The van der Waals surface area contributed by atoms with E-state index in [1.165, 1.54) is 54.2 Å². The first-order valence-electron chi connectivity index (χ1n) is 19.2. The van der Waals surface area contributed by atoms with Gasteiger partial charge in [-0.3, -0.25) is 0 Å². The number of benzene rings is 9. The number of hydrogen-bond acceptors (Lipinski definition) is 2. The molecule has 9 aromatic carbocycles. The van der Waals surface area contributed by atoms with E-state index in [0.29, 0.717) is 11.8 Å². The Labute approximate surface area is 318 Å². The SMILES string of the molecule is CC(C)c1c2ccc(N(c3ccccc3)c3ccc4ccccc4c3)cc2c(C(C)C)c2ccc(N(c3ccccc3)c3ccc4ccccc4c3)cc12. The lowest BCUT2D eigenvalue weighted by Crippen LogP contribution is -2.11. The summed E-state index contributed by atoms with van der Waals surface area (Å²) < 4.78 is 0. The van der Waals surface area contributed by atoms with Crippen molar-refractivity contribution >= 4 is 77.2 Å². The van der Waals surface area contributed by atoms with E-state index in [-0.39, 0.29) is 0 Å².